The lowest BCUT2D eigenvalue weighted by atomic mass is 10.1. The van der Waals surface area contributed by atoms with Crippen LogP contribution in [0, 0.1) is 6.92 Å². The fourth-order valence-electron chi connectivity index (χ4n) is 3.15. The van der Waals surface area contributed by atoms with E-state index in [1.165, 1.54) is 4.90 Å². The number of anilines is 1. The predicted molar refractivity (Wildman–Crippen MR) is 99.8 cm³/mol. The number of amides is 3. The monoisotopic (exact) mass is 369 g/mol. The number of para-hydroxylation sites is 1. The van der Waals surface area contributed by atoms with Crippen LogP contribution < -0.4 is 15.5 Å². The summed E-state index contributed by atoms with van der Waals surface area (Å²) in [7, 11) is 1.64. The Labute approximate surface area is 157 Å². The first-order valence-electron chi connectivity index (χ1n) is 8.90. The molecule has 3 amide bonds. The molecule has 0 saturated carbocycles. The molecular formula is C19H23N5O3. The fourth-order valence-corrected chi connectivity index (χ4v) is 3.15. The van der Waals surface area contributed by atoms with Crippen molar-refractivity contribution in [3.05, 3.63) is 47.3 Å². The third kappa shape index (κ3) is 3.69. The van der Waals surface area contributed by atoms with E-state index in [4.69, 9.17) is 0 Å². The normalized spacial score (nSPS) is 15.6. The van der Waals surface area contributed by atoms with Gasteiger partial charge in [0, 0.05) is 43.1 Å². The second kappa shape index (κ2) is 7.61. The van der Waals surface area contributed by atoms with Crippen molar-refractivity contribution in [3.63, 3.8) is 0 Å². The first-order valence-corrected chi connectivity index (χ1v) is 8.90. The molecule has 0 saturated heterocycles. The Morgan fingerprint density at radius 2 is 1.96 bits per heavy atom. The molecule has 0 radical (unpaired) electrons. The van der Waals surface area contributed by atoms with Crippen LogP contribution in [0.4, 0.5) is 5.69 Å². The maximum atomic E-state index is 12.4. The van der Waals surface area contributed by atoms with Crippen LogP contribution >= 0.6 is 0 Å². The molecule has 0 spiro atoms. The Bertz CT molecular complexity index is 889. The highest BCUT2D eigenvalue weighted by Crippen LogP contribution is 2.34. The molecule has 2 N–H and O–H groups in total. The molecule has 0 aliphatic carbocycles. The van der Waals surface area contributed by atoms with E-state index in [1.54, 1.807) is 25.2 Å². The van der Waals surface area contributed by atoms with Crippen molar-refractivity contribution >= 4 is 23.4 Å². The molecular weight excluding hydrogens is 346 g/mol. The van der Waals surface area contributed by atoms with Gasteiger partial charge in [-0.1, -0.05) is 25.1 Å². The van der Waals surface area contributed by atoms with Crippen LogP contribution in [0.25, 0.3) is 0 Å². The molecule has 1 unspecified atom stereocenters. The Kier molecular flexibility index (Phi) is 5.25. The van der Waals surface area contributed by atoms with E-state index in [2.05, 4.69) is 22.7 Å². The second-order valence-corrected chi connectivity index (χ2v) is 6.55. The van der Waals surface area contributed by atoms with Crippen LogP contribution in [-0.4, -0.2) is 34.5 Å². The fraction of sp³-hybridized carbons (Fsp3) is 0.368. The van der Waals surface area contributed by atoms with Gasteiger partial charge in [0.15, 0.2) is 0 Å². The van der Waals surface area contributed by atoms with Gasteiger partial charge in [0.2, 0.25) is 0 Å². The summed E-state index contributed by atoms with van der Waals surface area (Å²) in [5, 5.41) is 9.48. The number of hydrogen-bond donors (Lipinski definition) is 2. The quantitative estimate of drug-likeness (QED) is 0.770. The molecule has 1 aliphatic heterocycles. The molecule has 27 heavy (non-hydrogen) atoms. The van der Waals surface area contributed by atoms with Crippen molar-refractivity contribution in [2.75, 3.05) is 11.9 Å². The number of carbonyl (C=O) groups excluding carboxylic acids is 3. The van der Waals surface area contributed by atoms with E-state index in [0.29, 0.717) is 5.56 Å². The molecule has 2 heterocycles. The molecule has 1 aliphatic rings. The first-order chi connectivity index (χ1) is 12.9. The lowest BCUT2D eigenvalue weighted by Gasteiger charge is -2.13. The molecule has 0 bridgehead atoms. The van der Waals surface area contributed by atoms with Gasteiger partial charge in [-0.25, -0.2) is 0 Å². The minimum atomic E-state index is -0.849. The maximum Gasteiger partial charge on any atom is 0.310 e. The summed E-state index contributed by atoms with van der Waals surface area (Å²) in [4.78, 5) is 38.3. The SMILES string of the molecule is CCCn1cc(CNC(=O)C(=O)NC2C(=O)N(C)c3ccccc32)c(C)n1. The highest BCUT2D eigenvalue weighted by Gasteiger charge is 2.36. The van der Waals surface area contributed by atoms with Crippen molar-refractivity contribution in [2.24, 2.45) is 0 Å². The summed E-state index contributed by atoms with van der Waals surface area (Å²) in [6.45, 7) is 4.92. The lowest BCUT2D eigenvalue weighted by Crippen LogP contribution is -2.43. The van der Waals surface area contributed by atoms with Crippen molar-refractivity contribution < 1.29 is 14.4 Å². The molecule has 1 aromatic heterocycles. The molecule has 8 nitrogen and oxygen atoms in total. The molecule has 142 valence electrons. The summed E-state index contributed by atoms with van der Waals surface area (Å²) >= 11 is 0. The average molecular weight is 369 g/mol. The Morgan fingerprint density at radius 3 is 2.70 bits per heavy atom. The van der Waals surface area contributed by atoms with E-state index in [-0.39, 0.29) is 12.5 Å². The Hall–Kier alpha value is -3.16. The zero-order chi connectivity index (χ0) is 19.6. The van der Waals surface area contributed by atoms with Crippen molar-refractivity contribution in [1.29, 1.82) is 0 Å². The zero-order valence-electron chi connectivity index (χ0n) is 15.7. The molecule has 1 atom stereocenters. The number of nitrogens with one attached hydrogen (secondary N) is 2. The van der Waals surface area contributed by atoms with Gasteiger partial charge in [0.25, 0.3) is 5.91 Å². The zero-order valence-corrected chi connectivity index (χ0v) is 15.7. The summed E-state index contributed by atoms with van der Waals surface area (Å²) < 4.78 is 1.82. The Morgan fingerprint density at radius 1 is 1.22 bits per heavy atom. The number of carbonyl (C=O) groups is 3. The van der Waals surface area contributed by atoms with Crippen molar-refractivity contribution in [3.8, 4) is 0 Å². The smallest absolute Gasteiger partial charge is 0.310 e. The summed E-state index contributed by atoms with van der Waals surface area (Å²) in [5.41, 5.74) is 3.08. The topological polar surface area (TPSA) is 96.3 Å². The van der Waals surface area contributed by atoms with E-state index >= 15 is 0 Å². The van der Waals surface area contributed by atoms with Crippen LogP contribution in [0.5, 0.6) is 0 Å². The molecule has 1 aromatic carbocycles. The van der Waals surface area contributed by atoms with E-state index in [9.17, 15) is 14.4 Å². The van der Waals surface area contributed by atoms with Crippen molar-refractivity contribution in [2.45, 2.75) is 39.4 Å². The van der Waals surface area contributed by atoms with Crippen LogP contribution in [0.3, 0.4) is 0 Å². The highest BCUT2D eigenvalue weighted by atomic mass is 16.2. The first kappa shape index (κ1) is 18.6. The summed E-state index contributed by atoms with van der Waals surface area (Å²) in [6, 6.07) is 6.33. The third-order valence-electron chi connectivity index (χ3n) is 4.61. The standard InChI is InChI=1S/C19H23N5O3/c1-4-9-24-11-13(12(2)22-24)10-20-17(25)18(26)21-16-14-7-5-6-8-15(14)23(3)19(16)27/h5-8,11,16H,4,9-10H2,1-3H3,(H,20,25)(H,21,26). The van der Waals surface area contributed by atoms with Gasteiger partial charge >= 0.3 is 11.8 Å². The predicted octanol–water partition coefficient (Wildman–Crippen LogP) is 1.05. The number of aryl methyl sites for hydroxylation is 2. The number of rotatable bonds is 5. The van der Waals surface area contributed by atoms with Gasteiger partial charge < -0.3 is 15.5 Å². The summed E-state index contributed by atoms with van der Waals surface area (Å²) in [5.74, 6) is -1.89. The lowest BCUT2D eigenvalue weighted by molar-refractivity contribution is -0.140. The van der Waals surface area contributed by atoms with Crippen molar-refractivity contribution in [1.82, 2.24) is 20.4 Å². The van der Waals surface area contributed by atoms with E-state index < -0.39 is 17.9 Å². The maximum absolute atomic E-state index is 12.4. The number of hydrogen-bond acceptors (Lipinski definition) is 4. The van der Waals surface area contributed by atoms with Gasteiger partial charge in [-0.05, 0) is 19.4 Å². The third-order valence-corrected chi connectivity index (χ3v) is 4.61. The van der Waals surface area contributed by atoms with Gasteiger partial charge in [0.05, 0.1) is 5.69 Å². The van der Waals surface area contributed by atoms with Gasteiger partial charge in [-0.15, -0.1) is 0 Å². The van der Waals surface area contributed by atoms with Gasteiger partial charge in [-0.3, -0.25) is 19.1 Å². The van der Waals surface area contributed by atoms with E-state index in [0.717, 1.165) is 29.9 Å². The minimum absolute atomic E-state index is 0.205. The number of likely N-dealkylation sites (N-methyl/N-ethyl adjacent to an activating group) is 1. The number of nitrogens with zero attached hydrogens (tertiary/aromatic N) is 3. The average Bonchev–Trinajstić information content (AvgIpc) is 3.12. The van der Waals surface area contributed by atoms with Crippen LogP contribution in [0.1, 0.15) is 36.2 Å². The van der Waals surface area contributed by atoms with E-state index in [1.807, 2.05) is 23.9 Å². The Balaban J connectivity index is 1.62. The molecule has 3 rings (SSSR count). The van der Waals surface area contributed by atoms with Crippen LogP contribution in [0.15, 0.2) is 30.5 Å². The van der Waals surface area contributed by atoms with Gasteiger partial charge in [-0.2, -0.15) is 5.10 Å². The number of aromatic nitrogens is 2. The molecule has 0 fully saturated rings. The highest BCUT2D eigenvalue weighted by molar-refractivity contribution is 6.35. The minimum Gasteiger partial charge on any atom is -0.344 e. The summed E-state index contributed by atoms with van der Waals surface area (Å²) in [6.07, 6.45) is 2.82. The molecule has 8 heteroatoms. The number of benzene rings is 1. The number of fused-ring (bicyclic) bond motifs is 1. The largest absolute Gasteiger partial charge is 0.344 e. The second-order valence-electron chi connectivity index (χ2n) is 6.55. The van der Waals surface area contributed by atoms with Crippen LogP contribution in [-0.2, 0) is 27.5 Å². The molecule has 2 aromatic rings. The van der Waals surface area contributed by atoms with Crippen LogP contribution in [0.2, 0.25) is 0 Å². The van der Waals surface area contributed by atoms with Gasteiger partial charge in [0.1, 0.15) is 6.04 Å².